The van der Waals surface area contributed by atoms with Crippen LogP contribution < -0.4 is 0 Å². The van der Waals surface area contributed by atoms with Crippen LogP contribution >= 0.6 is 0 Å². The zero-order chi connectivity index (χ0) is 21.9. The third kappa shape index (κ3) is 6.88. The van der Waals surface area contributed by atoms with E-state index in [1.165, 1.54) is 0 Å². The van der Waals surface area contributed by atoms with Crippen molar-refractivity contribution >= 4 is 27.0 Å². The van der Waals surface area contributed by atoms with Gasteiger partial charge in [0.25, 0.3) is 0 Å². The van der Waals surface area contributed by atoms with Crippen molar-refractivity contribution in [2.24, 2.45) is 17.3 Å². The summed E-state index contributed by atoms with van der Waals surface area (Å²) in [6, 6.07) is 0. The lowest BCUT2D eigenvalue weighted by Crippen LogP contribution is -2.56. The van der Waals surface area contributed by atoms with Gasteiger partial charge in [0.05, 0.1) is 12.7 Å². The molecule has 1 rings (SSSR count). The maximum atomic E-state index is 12.9. The molecular weight excluding hydrogens is 378 g/mol. The van der Waals surface area contributed by atoms with Crippen molar-refractivity contribution in [3.63, 3.8) is 0 Å². The minimum Gasteiger partial charge on any atom is -0.465 e. The molecule has 8 heteroatoms. The van der Waals surface area contributed by atoms with Crippen molar-refractivity contribution in [1.29, 1.82) is 0 Å². The summed E-state index contributed by atoms with van der Waals surface area (Å²) in [7, 11) is -1.39. The van der Waals surface area contributed by atoms with E-state index in [9.17, 15) is 14.4 Å². The van der Waals surface area contributed by atoms with E-state index in [0.29, 0.717) is 6.42 Å². The Labute approximate surface area is 170 Å². The average molecular weight is 416 g/mol. The fourth-order valence-corrected chi connectivity index (χ4v) is 4.66. The Morgan fingerprint density at radius 2 is 1.75 bits per heavy atom. The number of imide groups is 1. The number of rotatable bonds is 5. The third-order valence-corrected chi connectivity index (χ3v) is 5.24. The Bertz CT molecular complexity index is 578. The predicted molar refractivity (Wildman–Crippen MR) is 109 cm³/mol. The van der Waals surface area contributed by atoms with Gasteiger partial charge in [0.15, 0.2) is 9.04 Å². The highest BCUT2D eigenvalue weighted by molar-refractivity contribution is 6.48. The maximum absolute atomic E-state index is 12.9. The smallest absolute Gasteiger partial charge is 0.417 e. The van der Waals surface area contributed by atoms with Gasteiger partial charge >= 0.3 is 12.1 Å². The van der Waals surface area contributed by atoms with Crippen LogP contribution in [0.15, 0.2) is 0 Å². The number of hydrogen-bond acceptors (Lipinski definition) is 6. The molecule has 2 amide bonds. The predicted octanol–water partition coefficient (Wildman–Crippen LogP) is 3.36. The lowest BCUT2D eigenvalue weighted by Gasteiger charge is -2.44. The molecule has 0 saturated carbocycles. The third-order valence-electron chi connectivity index (χ3n) is 4.41. The Kier molecular flexibility index (Phi) is 8.26. The summed E-state index contributed by atoms with van der Waals surface area (Å²) in [5, 5.41) is 0. The average Bonchev–Trinajstić information content (AvgIpc) is 2.50. The largest absolute Gasteiger partial charge is 0.465 e. The molecule has 1 fully saturated rings. The van der Waals surface area contributed by atoms with Crippen molar-refractivity contribution in [2.45, 2.75) is 79.7 Å². The van der Waals surface area contributed by atoms with E-state index in [1.54, 1.807) is 27.7 Å². The van der Waals surface area contributed by atoms with Gasteiger partial charge in [-0.2, -0.15) is 0 Å². The highest BCUT2D eigenvalue weighted by atomic mass is 28.3. The number of hydrogen-bond donors (Lipinski definition) is 0. The normalized spacial score (nSPS) is 22.2. The number of esters is 1. The van der Waals surface area contributed by atoms with Gasteiger partial charge in [-0.15, -0.1) is 0 Å². The minimum atomic E-state index is -1.39. The molecule has 1 heterocycles. The minimum absolute atomic E-state index is 0.172. The molecule has 3 atom stereocenters. The van der Waals surface area contributed by atoms with Gasteiger partial charge in [0.1, 0.15) is 11.5 Å². The zero-order valence-corrected chi connectivity index (χ0v) is 20.0. The molecule has 3 unspecified atom stereocenters. The molecule has 0 aromatic carbocycles. The van der Waals surface area contributed by atoms with E-state index >= 15 is 0 Å². The summed E-state index contributed by atoms with van der Waals surface area (Å²) in [5.74, 6) is -2.35. The molecule has 0 aromatic rings. The number of amides is 2. The van der Waals surface area contributed by atoms with Crippen molar-refractivity contribution in [3.05, 3.63) is 0 Å². The fourth-order valence-electron chi connectivity index (χ4n) is 3.45. The Morgan fingerprint density at radius 1 is 1.18 bits per heavy atom. The van der Waals surface area contributed by atoms with Crippen LogP contribution in [0.1, 0.15) is 54.9 Å². The quantitative estimate of drug-likeness (QED) is 0.389. The Hall–Kier alpha value is -1.41. The summed E-state index contributed by atoms with van der Waals surface area (Å²) in [5.41, 5.74) is -0.949. The first kappa shape index (κ1) is 24.6. The summed E-state index contributed by atoms with van der Waals surface area (Å²) >= 11 is 0. The molecule has 7 nitrogen and oxygen atoms in total. The van der Waals surface area contributed by atoms with Gasteiger partial charge < -0.3 is 13.9 Å². The van der Waals surface area contributed by atoms with E-state index in [-0.39, 0.29) is 30.6 Å². The van der Waals surface area contributed by atoms with Gasteiger partial charge in [0.2, 0.25) is 5.91 Å². The lowest BCUT2D eigenvalue weighted by atomic mass is 9.75. The van der Waals surface area contributed by atoms with E-state index < -0.39 is 38.5 Å². The van der Waals surface area contributed by atoms with Gasteiger partial charge in [0, 0.05) is 12.5 Å². The second kappa shape index (κ2) is 9.39. The van der Waals surface area contributed by atoms with Crippen LogP contribution in [0.2, 0.25) is 13.1 Å². The zero-order valence-electron chi connectivity index (χ0n) is 18.8. The monoisotopic (exact) mass is 415 g/mol. The molecule has 0 aliphatic carbocycles. The first-order valence-corrected chi connectivity index (χ1v) is 12.8. The second-order valence-corrected chi connectivity index (χ2v) is 12.1. The van der Waals surface area contributed by atoms with Crippen molar-refractivity contribution in [2.75, 3.05) is 13.2 Å². The van der Waals surface area contributed by atoms with Gasteiger partial charge in [-0.05, 0) is 52.6 Å². The van der Waals surface area contributed by atoms with Crippen LogP contribution in [-0.2, 0) is 23.5 Å². The van der Waals surface area contributed by atoms with Crippen LogP contribution in [0.25, 0.3) is 0 Å². The first-order chi connectivity index (χ1) is 12.7. The molecule has 0 spiro atoms. The number of ether oxygens (including phenoxy) is 2. The van der Waals surface area contributed by atoms with Gasteiger partial charge in [-0.3, -0.25) is 9.59 Å². The number of carbonyl (C=O) groups is 3. The molecule has 1 saturated heterocycles. The maximum Gasteiger partial charge on any atom is 0.417 e. The van der Waals surface area contributed by atoms with Gasteiger partial charge in [-0.25, -0.2) is 9.69 Å². The van der Waals surface area contributed by atoms with Gasteiger partial charge in [-0.1, -0.05) is 20.8 Å². The Morgan fingerprint density at radius 3 is 2.18 bits per heavy atom. The lowest BCUT2D eigenvalue weighted by molar-refractivity contribution is -0.160. The van der Waals surface area contributed by atoms with E-state index in [4.69, 9.17) is 13.9 Å². The first-order valence-electron chi connectivity index (χ1n) is 10.0. The number of carbonyl (C=O) groups excluding carboxylic acids is 3. The van der Waals surface area contributed by atoms with Crippen LogP contribution in [0.4, 0.5) is 4.79 Å². The topological polar surface area (TPSA) is 82.1 Å². The number of piperidine rings is 1. The fraction of sp³-hybridized carbons (Fsp3) is 0.850. The van der Waals surface area contributed by atoms with Crippen LogP contribution in [-0.4, -0.2) is 56.8 Å². The van der Waals surface area contributed by atoms with Crippen molar-refractivity contribution in [3.8, 4) is 0 Å². The van der Waals surface area contributed by atoms with E-state index in [2.05, 4.69) is 33.9 Å². The molecular formula is C20H37NO6Si. The summed E-state index contributed by atoms with van der Waals surface area (Å²) in [6.07, 6.45) is -0.611. The highest BCUT2D eigenvalue weighted by Gasteiger charge is 2.48. The number of likely N-dealkylation sites (tertiary alicyclic amines) is 1. The SMILES string of the molecule is CCOC(=O)C1CC(C(O[SiH](C)C)C(C)(C)C)CN(C(=O)OC(C)(C)C)C1=O. The molecule has 1 aliphatic heterocycles. The van der Waals surface area contributed by atoms with Crippen molar-refractivity contribution in [1.82, 2.24) is 4.90 Å². The number of nitrogens with zero attached hydrogens (tertiary/aromatic N) is 1. The van der Waals surface area contributed by atoms with Crippen molar-refractivity contribution < 1.29 is 28.3 Å². The summed E-state index contributed by atoms with van der Waals surface area (Å²) < 4.78 is 16.8. The molecule has 28 heavy (non-hydrogen) atoms. The van der Waals surface area contributed by atoms with E-state index in [1.807, 2.05) is 0 Å². The van der Waals surface area contributed by atoms with Crippen LogP contribution in [0.5, 0.6) is 0 Å². The molecule has 162 valence electrons. The highest BCUT2D eigenvalue weighted by Crippen LogP contribution is 2.37. The standard InChI is InChI=1S/C20H37NO6Si/c1-10-25-17(23)14-11-13(15(19(2,3)4)27-28(8)9)12-21(16(14)22)18(24)26-20(5,6)7/h13-15,28H,10-12H2,1-9H3. The van der Waals surface area contributed by atoms with E-state index in [0.717, 1.165) is 4.90 Å². The summed E-state index contributed by atoms with van der Waals surface area (Å²) in [4.78, 5) is 39.1. The summed E-state index contributed by atoms with van der Waals surface area (Å²) in [6.45, 7) is 17.7. The van der Waals surface area contributed by atoms with Crippen LogP contribution in [0, 0.1) is 17.3 Å². The Balaban J connectivity index is 3.24. The van der Waals surface area contributed by atoms with Crippen LogP contribution in [0.3, 0.4) is 0 Å². The molecule has 0 bridgehead atoms. The molecule has 0 aromatic heterocycles. The second-order valence-electron chi connectivity index (χ2n) is 9.70. The molecule has 0 radical (unpaired) electrons. The molecule has 0 N–H and O–H groups in total. The molecule has 1 aliphatic rings.